The van der Waals surface area contributed by atoms with Crippen LogP contribution in [0.2, 0.25) is 0 Å². The summed E-state index contributed by atoms with van der Waals surface area (Å²) in [4.78, 5) is 0. The minimum atomic E-state index is -0.827. The van der Waals surface area contributed by atoms with Crippen LogP contribution in [-0.4, -0.2) is 22.4 Å². The molecule has 0 fully saturated rings. The molecular weight excluding hydrogens is 248 g/mol. The van der Waals surface area contributed by atoms with Crippen molar-refractivity contribution in [1.29, 1.82) is 0 Å². The predicted octanol–water partition coefficient (Wildman–Crippen LogP) is 5.02. The second-order valence-corrected chi connectivity index (χ2v) is 6.17. The topological polar surface area (TPSA) is 40.5 Å². The number of hydrogen-bond donors (Lipinski definition) is 2. The minimum Gasteiger partial charge on any atom is -0.390 e. The van der Waals surface area contributed by atoms with Crippen molar-refractivity contribution in [3.05, 3.63) is 6.92 Å². The number of unbranched alkanes of at least 4 members (excludes halogenated alkanes) is 12. The number of rotatable bonds is 15. The molecule has 0 aromatic rings. The van der Waals surface area contributed by atoms with Crippen LogP contribution in [0.4, 0.5) is 0 Å². The molecule has 20 heavy (non-hydrogen) atoms. The van der Waals surface area contributed by atoms with Gasteiger partial charge in [-0.3, -0.25) is 0 Å². The van der Waals surface area contributed by atoms with Crippen molar-refractivity contribution in [3.63, 3.8) is 0 Å². The Labute approximate surface area is 127 Å². The average molecular weight is 285 g/mol. The number of aliphatic hydroxyl groups excluding tert-OH is 2. The molecule has 0 aromatic carbocycles. The summed E-state index contributed by atoms with van der Waals surface area (Å²) in [5, 5.41) is 18.4. The Bertz CT molecular complexity index is 180. The van der Waals surface area contributed by atoms with Crippen molar-refractivity contribution < 1.29 is 10.2 Å². The fourth-order valence-corrected chi connectivity index (χ4v) is 2.56. The molecule has 0 saturated heterocycles. The van der Waals surface area contributed by atoms with Gasteiger partial charge in [0.15, 0.2) is 0 Å². The first kappa shape index (κ1) is 19.9. The Morgan fingerprint density at radius 2 is 1.00 bits per heavy atom. The molecule has 2 heteroatoms. The average Bonchev–Trinajstić information content (AvgIpc) is 2.43. The zero-order valence-electron chi connectivity index (χ0n) is 13.7. The first-order valence-electron chi connectivity index (χ1n) is 8.87. The van der Waals surface area contributed by atoms with Crippen LogP contribution >= 0.6 is 0 Å². The molecule has 0 saturated carbocycles. The van der Waals surface area contributed by atoms with Crippen LogP contribution in [0.1, 0.15) is 96.8 Å². The molecule has 0 aliphatic heterocycles. The third-order valence-electron chi connectivity index (χ3n) is 4.05. The highest BCUT2D eigenvalue weighted by molar-refractivity contribution is 4.68. The normalized spacial score (nSPS) is 14.4. The van der Waals surface area contributed by atoms with E-state index in [0.29, 0.717) is 6.42 Å². The summed E-state index contributed by atoms with van der Waals surface area (Å²) in [5.74, 6) is 0. The molecule has 0 bridgehead atoms. The van der Waals surface area contributed by atoms with E-state index in [1.165, 1.54) is 77.0 Å². The molecule has 0 aliphatic carbocycles. The molecule has 0 aromatic heterocycles. The summed E-state index contributed by atoms with van der Waals surface area (Å²) >= 11 is 0. The van der Waals surface area contributed by atoms with E-state index in [9.17, 15) is 5.11 Å². The van der Waals surface area contributed by atoms with Crippen LogP contribution in [0.3, 0.4) is 0 Å². The Kier molecular flexibility index (Phi) is 15.3. The highest BCUT2D eigenvalue weighted by atomic mass is 16.3. The first-order chi connectivity index (χ1) is 9.68. The standard InChI is InChI=1S/C18H37O2/c1-3-4-5-6-7-8-9-10-11-12-13-14-15-16-18(20)17(2)19/h17-20H,2-16H2,1H3. The van der Waals surface area contributed by atoms with E-state index in [4.69, 9.17) is 5.11 Å². The van der Waals surface area contributed by atoms with E-state index in [2.05, 4.69) is 13.8 Å². The summed E-state index contributed by atoms with van der Waals surface area (Å²) in [6, 6.07) is 0. The summed E-state index contributed by atoms with van der Waals surface area (Å²) in [6.45, 7) is 5.69. The molecule has 1 radical (unpaired) electrons. The summed E-state index contributed by atoms with van der Waals surface area (Å²) < 4.78 is 0. The van der Waals surface area contributed by atoms with Gasteiger partial charge in [0.25, 0.3) is 0 Å². The molecule has 0 rings (SSSR count). The molecule has 0 aliphatic rings. The maximum atomic E-state index is 9.39. The van der Waals surface area contributed by atoms with Crippen molar-refractivity contribution in [2.24, 2.45) is 0 Å². The van der Waals surface area contributed by atoms with Gasteiger partial charge in [-0.25, -0.2) is 0 Å². The van der Waals surface area contributed by atoms with E-state index in [0.717, 1.165) is 6.42 Å². The number of aliphatic hydroxyl groups is 2. The van der Waals surface area contributed by atoms with Gasteiger partial charge in [-0.15, -0.1) is 0 Å². The maximum Gasteiger partial charge on any atom is 0.0800 e. The van der Waals surface area contributed by atoms with Crippen LogP contribution in [-0.2, 0) is 0 Å². The van der Waals surface area contributed by atoms with E-state index >= 15 is 0 Å². The van der Waals surface area contributed by atoms with Gasteiger partial charge in [-0.05, 0) is 13.3 Å². The zero-order valence-corrected chi connectivity index (χ0v) is 13.7. The van der Waals surface area contributed by atoms with Crippen molar-refractivity contribution >= 4 is 0 Å². The Balaban J connectivity index is 3.03. The van der Waals surface area contributed by atoms with Crippen molar-refractivity contribution in [2.75, 3.05) is 0 Å². The lowest BCUT2D eigenvalue weighted by Crippen LogP contribution is -2.22. The Morgan fingerprint density at radius 1 is 0.650 bits per heavy atom. The van der Waals surface area contributed by atoms with E-state index in [1.54, 1.807) is 0 Å². The first-order valence-corrected chi connectivity index (χ1v) is 8.87. The molecule has 2 nitrogen and oxygen atoms in total. The monoisotopic (exact) mass is 285 g/mol. The van der Waals surface area contributed by atoms with Crippen LogP contribution in [0.15, 0.2) is 0 Å². The minimum absolute atomic E-state index is 0.636. The van der Waals surface area contributed by atoms with Gasteiger partial charge in [0.1, 0.15) is 0 Å². The van der Waals surface area contributed by atoms with Gasteiger partial charge in [0.2, 0.25) is 0 Å². The van der Waals surface area contributed by atoms with Gasteiger partial charge in [0, 0.05) is 0 Å². The van der Waals surface area contributed by atoms with E-state index in [-0.39, 0.29) is 0 Å². The highest BCUT2D eigenvalue weighted by Gasteiger charge is 2.09. The fourth-order valence-electron chi connectivity index (χ4n) is 2.56. The van der Waals surface area contributed by atoms with Crippen LogP contribution in [0.5, 0.6) is 0 Å². The molecular formula is C18H37O2. The second-order valence-electron chi connectivity index (χ2n) is 6.17. The van der Waals surface area contributed by atoms with Gasteiger partial charge in [-0.2, -0.15) is 0 Å². The van der Waals surface area contributed by atoms with Crippen molar-refractivity contribution in [3.8, 4) is 0 Å². The Hall–Kier alpha value is -0.0800. The molecule has 0 heterocycles. The fraction of sp³-hybridized carbons (Fsp3) is 0.944. The third-order valence-corrected chi connectivity index (χ3v) is 4.05. The van der Waals surface area contributed by atoms with Crippen LogP contribution in [0, 0.1) is 6.92 Å². The molecule has 0 amide bonds. The lowest BCUT2D eigenvalue weighted by atomic mass is 10.0. The lowest BCUT2D eigenvalue weighted by Gasteiger charge is -2.12. The van der Waals surface area contributed by atoms with Crippen LogP contribution in [0.25, 0.3) is 0 Å². The highest BCUT2D eigenvalue weighted by Crippen LogP contribution is 2.13. The van der Waals surface area contributed by atoms with Gasteiger partial charge in [0.05, 0.1) is 12.2 Å². The molecule has 121 valence electrons. The molecule has 2 N–H and O–H groups in total. The Morgan fingerprint density at radius 3 is 1.35 bits per heavy atom. The molecule has 0 spiro atoms. The summed E-state index contributed by atoms with van der Waals surface area (Å²) in [6.07, 6.45) is 16.5. The van der Waals surface area contributed by atoms with Gasteiger partial charge >= 0.3 is 0 Å². The number of hydrogen-bond acceptors (Lipinski definition) is 2. The lowest BCUT2D eigenvalue weighted by molar-refractivity contribution is 0.0398. The molecule has 2 unspecified atom stereocenters. The van der Waals surface area contributed by atoms with E-state index < -0.39 is 12.2 Å². The predicted molar refractivity (Wildman–Crippen MR) is 87.7 cm³/mol. The third kappa shape index (κ3) is 14.3. The SMILES string of the molecule is [CH2]C(O)C(O)CCCCCCCCCCCCCCC. The summed E-state index contributed by atoms with van der Waals surface area (Å²) in [5.41, 5.74) is 0. The molecule has 2 atom stereocenters. The van der Waals surface area contributed by atoms with Gasteiger partial charge < -0.3 is 10.2 Å². The smallest absolute Gasteiger partial charge is 0.0800 e. The van der Waals surface area contributed by atoms with Crippen molar-refractivity contribution in [1.82, 2.24) is 0 Å². The van der Waals surface area contributed by atoms with Crippen molar-refractivity contribution in [2.45, 2.75) is 109 Å². The van der Waals surface area contributed by atoms with E-state index in [1.807, 2.05) is 0 Å². The van der Waals surface area contributed by atoms with Crippen LogP contribution < -0.4 is 0 Å². The maximum absolute atomic E-state index is 9.39. The largest absolute Gasteiger partial charge is 0.390 e. The quantitative estimate of drug-likeness (QED) is 0.415. The van der Waals surface area contributed by atoms with Gasteiger partial charge in [-0.1, -0.05) is 90.4 Å². The summed E-state index contributed by atoms with van der Waals surface area (Å²) in [7, 11) is 0. The second kappa shape index (κ2) is 15.3. The zero-order chi connectivity index (χ0) is 15.1.